The number of hydrogen-bond acceptors (Lipinski definition) is 6. The fourth-order valence-corrected chi connectivity index (χ4v) is 0.222. The monoisotopic (exact) mass is 268 g/mol. The lowest BCUT2D eigenvalue weighted by Crippen LogP contribution is -1.66. The summed E-state index contributed by atoms with van der Waals surface area (Å²) in [6.07, 6.45) is 5.83. The molecule has 0 heterocycles. The van der Waals surface area contributed by atoms with E-state index in [0.29, 0.717) is 0 Å². The second-order valence-corrected chi connectivity index (χ2v) is 2.30. The first kappa shape index (κ1) is 25.4. The second kappa shape index (κ2) is 45.0. The molecule has 0 N–H and O–H groups in total. The van der Waals surface area contributed by atoms with E-state index in [4.69, 9.17) is 0 Å². The Morgan fingerprint density at radius 1 is 0.389 bits per heavy atom. The van der Waals surface area contributed by atoms with Crippen LogP contribution >= 0.6 is 0 Å². The Labute approximate surface area is 111 Å². The molecule has 0 unspecified atom stereocenters. The van der Waals surface area contributed by atoms with E-state index >= 15 is 0 Å². The van der Waals surface area contributed by atoms with Gasteiger partial charge in [0.1, 0.15) is 25.0 Å². The van der Waals surface area contributed by atoms with E-state index in [1.54, 1.807) is 56.9 Å². The summed E-state index contributed by atoms with van der Waals surface area (Å²) in [5, 5.41) is 0. The molecule has 0 aliphatic rings. The van der Waals surface area contributed by atoms with Gasteiger partial charge in [-0.1, -0.05) is 0 Å². The summed E-state index contributed by atoms with van der Waals surface area (Å²) in [5.74, 6) is 0. The lowest BCUT2D eigenvalue weighted by molar-refractivity contribution is 0.277. The molecule has 0 aromatic heterocycles. The molecule has 112 valence electrons. The normalized spacial score (nSPS) is 8.00. The zero-order valence-corrected chi connectivity index (χ0v) is 12.8. The first-order chi connectivity index (χ1) is 8.66. The maximum Gasteiger partial charge on any atom is 0.117 e. The van der Waals surface area contributed by atoms with Crippen molar-refractivity contribution in [2.75, 3.05) is 56.9 Å². The Bertz CT molecular complexity index is 109. The van der Waals surface area contributed by atoms with Gasteiger partial charge in [-0.3, -0.25) is 0 Å². The van der Waals surface area contributed by atoms with Crippen LogP contribution in [0.2, 0.25) is 0 Å². The van der Waals surface area contributed by atoms with Crippen LogP contribution in [0.4, 0.5) is 0 Å². The molecule has 0 fully saturated rings. The van der Waals surface area contributed by atoms with Gasteiger partial charge in [0.2, 0.25) is 0 Å². The highest BCUT2D eigenvalue weighted by Crippen LogP contribution is 1.69. The van der Waals surface area contributed by atoms with Gasteiger partial charge in [-0.2, -0.15) is 0 Å². The summed E-state index contributed by atoms with van der Waals surface area (Å²) in [4.78, 5) is 0. The van der Waals surface area contributed by atoms with Crippen LogP contribution in [-0.2, 0) is 28.4 Å². The third-order valence-corrected chi connectivity index (χ3v) is 0.655. The van der Waals surface area contributed by atoms with E-state index < -0.39 is 0 Å². The molecular formula is C12H28O6. The van der Waals surface area contributed by atoms with E-state index in [1.807, 2.05) is 0 Å². The zero-order chi connectivity index (χ0) is 15.1. The largest absolute Gasteiger partial charge is 0.501 e. The molecule has 0 saturated carbocycles. The summed E-state index contributed by atoms with van der Waals surface area (Å²) in [5.41, 5.74) is 0. The van der Waals surface area contributed by atoms with Crippen molar-refractivity contribution < 1.29 is 28.4 Å². The van der Waals surface area contributed by atoms with Gasteiger partial charge in [0.15, 0.2) is 0 Å². The Kier molecular flexibility index (Phi) is 63.6. The van der Waals surface area contributed by atoms with E-state index in [1.165, 1.54) is 25.0 Å². The lowest BCUT2D eigenvalue weighted by Gasteiger charge is -1.83. The smallest absolute Gasteiger partial charge is 0.117 e. The van der Waals surface area contributed by atoms with Crippen molar-refractivity contribution in [3.8, 4) is 0 Å². The van der Waals surface area contributed by atoms with Crippen molar-refractivity contribution in [1.29, 1.82) is 0 Å². The maximum atomic E-state index is 4.48. The summed E-state index contributed by atoms with van der Waals surface area (Å²) in [6, 6.07) is 0. The molecule has 0 spiro atoms. The molecule has 0 aliphatic carbocycles. The predicted octanol–water partition coefficient (Wildman–Crippen LogP) is 2.03. The quantitative estimate of drug-likeness (QED) is 0.727. The summed E-state index contributed by atoms with van der Waals surface area (Å²) >= 11 is 0. The number of hydrogen-bond donors (Lipinski definition) is 0. The molecule has 0 atom stereocenters. The van der Waals surface area contributed by atoms with Crippen LogP contribution in [0.15, 0.2) is 25.0 Å². The van der Waals surface area contributed by atoms with Crippen molar-refractivity contribution in [2.45, 2.75) is 0 Å². The van der Waals surface area contributed by atoms with Crippen molar-refractivity contribution in [2.24, 2.45) is 0 Å². The zero-order valence-electron chi connectivity index (χ0n) is 12.8. The molecule has 18 heavy (non-hydrogen) atoms. The van der Waals surface area contributed by atoms with Gasteiger partial charge in [0.05, 0.1) is 28.4 Å². The van der Waals surface area contributed by atoms with Crippen LogP contribution in [-0.4, -0.2) is 56.9 Å². The highest BCUT2D eigenvalue weighted by Gasteiger charge is 1.56. The van der Waals surface area contributed by atoms with Crippen LogP contribution < -0.4 is 0 Å². The van der Waals surface area contributed by atoms with Crippen molar-refractivity contribution in [3.05, 3.63) is 25.0 Å². The Balaban J connectivity index is -0.0000000770. The van der Waals surface area contributed by atoms with Gasteiger partial charge in [-0.05, 0) is 0 Å². The molecule has 0 amide bonds. The highest BCUT2D eigenvalue weighted by atomic mass is 16.5. The van der Waals surface area contributed by atoms with Gasteiger partial charge in [-0.15, -0.1) is 0 Å². The van der Waals surface area contributed by atoms with E-state index in [2.05, 4.69) is 28.4 Å². The third kappa shape index (κ3) is 128. The predicted molar refractivity (Wildman–Crippen MR) is 72.2 cm³/mol. The molecule has 0 rings (SSSR count). The first-order valence-electron chi connectivity index (χ1n) is 4.88. The lowest BCUT2D eigenvalue weighted by atomic mass is 11.0. The minimum atomic E-state index is 1.46. The fourth-order valence-electron chi connectivity index (χ4n) is 0.222. The molecule has 0 aromatic rings. The molecule has 0 saturated heterocycles. The average Bonchev–Trinajstić information content (AvgIpc) is 2.36. The second-order valence-electron chi connectivity index (χ2n) is 2.30. The molecule has 0 radical (unpaired) electrons. The average molecular weight is 268 g/mol. The number of rotatable bonds is 4. The van der Waals surface area contributed by atoms with Gasteiger partial charge < -0.3 is 28.4 Å². The highest BCUT2D eigenvalue weighted by molar-refractivity contribution is 4.57. The van der Waals surface area contributed by atoms with Crippen LogP contribution in [0.25, 0.3) is 0 Å². The van der Waals surface area contributed by atoms with Gasteiger partial charge in [-0.25, -0.2) is 0 Å². The van der Waals surface area contributed by atoms with E-state index in [9.17, 15) is 0 Å². The van der Waals surface area contributed by atoms with Gasteiger partial charge in [0.25, 0.3) is 0 Å². The molecule has 0 aromatic carbocycles. The number of methoxy groups -OCH3 is 6. The molecule has 0 aliphatic heterocycles. The van der Waals surface area contributed by atoms with Gasteiger partial charge >= 0.3 is 0 Å². The van der Waals surface area contributed by atoms with Crippen LogP contribution in [0.3, 0.4) is 0 Å². The third-order valence-electron chi connectivity index (χ3n) is 0.655. The molecule has 6 nitrogen and oxygen atoms in total. The van der Waals surface area contributed by atoms with Crippen molar-refractivity contribution >= 4 is 0 Å². The van der Waals surface area contributed by atoms with E-state index in [-0.39, 0.29) is 0 Å². The van der Waals surface area contributed by atoms with E-state index in [0.717, 1.165) is 0 Å². The Morgan fingerprint density at radius 3 is 0.556 bits per heavy atom. The topological polar surface area (TPSA) is 55.4 Å². The van der Waals surface area contributed by atoms with Crippen LogP contribution in [0.5, 0.6) is 0 Å². The summed E-state index contributed by atoms with van der Waals surface area (Å²) < 4.78 is 26.4. The fraction of sp³-hybridized carbons (Fsp3) is 0.667. The minimum absolute atomic E-state index is 1.46. The summed E-state index contributed by atoms with van der Waals surface area (Å²) in [7, 11) is 12.8. The van der Waals surface area contributed by atoms with Crippen molar-refractivity contribution in [1.82, 2.24) is 0 Å². The van der Waals surface area contributed by atoms with Crippen molar-refractivity contribution in [3.63, 3.8) is 0 Å². The molecule has 0 bridgehead atoms. The standard InChI is InChI=1S/2C4H8O2.2C2H6O/c2*1-5-3-4-6-2;2*1-3-2/h2*3-4H,1-2H3;2*1-2H3/b2*4-3+;;. The first-order valence-corrected chi connectivity index (χ1v) is 4.88. The van der Waals surface area contributed by atoms with Crippen LogP contribution in [0.1, 0.15) is 0 Å². The van der Waals surface area contributed by atoms with Crippen LogP contribution in [0, 0.1) is 0 Å². The molecule has 6 heteroatoms. The number of ether oxygens (including phenoxy) is 6. The SMILES string of the molecule is CO/C=C/OC.CO/C=C/OC.COC.COC. The molecular weight excluding hydrogens is 240 g/mol. The Morgan fingerprint density at radius 2 is 0.500 bits per heavy atom. The maximum absolute atomic E-state index is 4.48. The summed E-state index contributed by atoms with van der Waals surface area (Å²) in [6.45, 7) is 0. The minimum Gasteiger partial charge on any atom is -0.501 e. The Hall–Kier alpha value is -1.40. The van der Waals surface area contributed by atoms with Gasteiger partial charge in [0, 0.05) is 28.4 Å².